The monoisotopic (exact) mass is 701 g/mol. The third-order valence-corrected chi connectivity index (χ3v) is 10.7. The molecule has 55 heavy (non-hydrogen) atoms. The van der Waals surface area contributed by atoms with Crippen molar-refractivity contribution in [3.8, 4) is 56.4 Å². The third-order valence-electron chi connectivity index (χ3n) is 10.7. The fraction of sp³-hybridized carbons (Fsp3) is 0. The summed E-state index contributed by atoms with van der Waals surface area (Å²) in [5.74, 6) is 1.84. The molecule has 0 atom stereocenters. The van der Waals surface area contributed by atoms with Crippen LogP contribution in [0.4, 0.5) is 0 Å². The van der Waals surface area contributed by atoms with Gasteiger partial charge in [0.2, 0.25) is 0 Å². The normalized spacial score (nSPS) is 11.6. The van der Waals surface area contributed by atoms with Crippen LogP contribution in [-0.4, -0.2) is 15.0 Å². The maximum Gasteiger partial charge on any atom is 0.164 e. The summed E-state index contributed by atoms with van der Waals surface area (Å²) in [4.78, 5) is 15.1. The quantitative estimate of drug-likeness (QED) is 0.168. The van der Waals surface area contributed by atoms with Crippen LogP contribution in [0.1, 0.15) is 0 Å². The number of hydrogen-bond donors (Lipinski definition) is 0. The van der Waals surface area contributed by atoms with Crippen LogP contribution in [0.15, 0.2) is 192 Å². The van der Waals surface area contributed by atoms with Crippen molar-refractivity contribution in [2.45, 2.75) is 0 Å². The van der Waals surface area contributed by atoms with E-state index in [1.165, 1.54) is 37.9 Å². The Balaban J connectivity index is 1.10. The molecule has 0 bridgehead atoms. The van der Waals surface area contributed by atoms with Gasteiger partial charge in [-0.3, -0.25) is 0 Å². The summed E-state index contributed by atoms with van der Waals surface area (Å²) in [6, 6.07) is 65.8. The standard InChI is InChI=1S/C51H31N3O/c1-3-14-32(15-4-1)49-52-50(33-16-5-2-6-17-33)54-51(53-49)43-25-13-27-46-48(43)47-37(24-12-26-45(47)55-46)36-19-11-18-34(30-36)35-28-29-42-40-22-8-7-20-38(40)39-21-9-10-23-41(39)44(42)31-35/h1-31H. The Hall–Kier alpha value is -7.43. The summed E-state index contributed by atoms with van der Waals surface area (Å²) in [6.07, 6.45) is 0. The lowest BCUT2D eigenvalue weighted by Crippen LogP contribution is -2.00. The van der Waals surface area contributed by atoms with Gasteiger partial charge in [0.1, 0.15) is 11.2 Å². The number of nitrogens with zero attached hydrogens (tertiary/aromatic N) is 3. The Kier molecular flexibility index (Phi) is 7.14. The molecule has 0 aliphatic heterocycles. The molecule has 0 aliphatic carbocycles. The predicted molar refractivity (Wildman–Crippen MR) is 227 cm³/mol. The Labute approximate surface area is 317 Å². The Morgan fingerprint density at radius 1 is 0.273 bits per heavy atom. The minimum Gasteiger partial charge on any atom is -0.456 e. The van der Waals surface area contributed by atoms with E-state index in [4.69, 9.17) is 19.4 Å². The first-order valence-electron chi connectivity index (χ1n) is 18.5. The van der Waals surface area contributed by atoms with Crippen LogP contribution in [0.3, 0.4) is 0 Å². The minimum absolute atomic E-state index is 0.598. The fourth-order valence-corrected chi connectivity index (χ4v) is 8.18. The van der Waals surface area contributed by atoms with Gasteiger partial charge in [0.05, 0.1) is 0 Å². The molecule has 11 rings (SSSR count). The molecule has 11 aromatic rings. The van der Waals surface area contributed by atoms with Gasteiger partial charge in [-0.15, -0.1) is 0 Å². The van der Waals surface area contributed by atoms with Crippen LogP contribution in [0, 0.1) is 0 Å². The second-order valence-electron chi connectivity index (χ2n) is 13.9. The molecule has 0 amide bonds. The molecule has 2 aromatic heterocycles. The summed E-state index contributed by atoms with van der Waals surface area (Å²) in [7, 11) is 0. The van der Waals surface area contributed by atoms with Crippen molar-refractivity contribution in [2.24, 2.45) is 0 Å². The van der Waals surface area contributed by atoms with Gasteiger partial charge in [0.25, 0.3) is 0 Å². The maximum atomic E-state index is 6.57. The molecule has 0 N–H and O–H groups in total. The second kappa shape index (κ2) is 12.6. The second-order valence-corrected chi connectivity index (χ2v) is 13.9. The molecule has 0 unspecified atom stereocenters. The summed E-state index contributed by atoms with van der Waals surface area (Å²) >= 11 is 0. The van der Waals surface area contributed by atoms with Gasteiger partial charge in [0.15, 0.2) is 17.5 Å². The number of fused-ring (bicyclic) bond motifs is 9. The van der Waals surface area contributed by atoms with Gasteiger partial charge in [-0.05, 0) is 78.8 Å². The van der Waals surface area contributed by atoms with Crippen LogP contribution in [0.25, 0.3) is 111 Å². The van der Waals surface area contributed by atoms with Crippen molar-refractivity contribution in [3.63, 3.8) is 0 Å². The van der Waals surface area contributed by atoms with E-state index in [9.17, 15) is 0 Å². The molecule has 0 radical (unpaired) electrons. The highest BCUT2D eigenvalue weighted by Crippen LogP contribution is 2.43. The van der Waals surface area contributed by atoms with Crippen molar-refractivity contribution < 1.29 is 4.42 Å². The predicted octanol–water partition coefficient (Wildman–Crippen LogP) is 13.6. The topological polar surface area (TPSA) is 51.8 Å². The van der Waals surface area contributed by atoms with Crippen LogP contribution >= 0.6 is 0 Å². The molecule has 0 aliphatic rings. The highest BCUT2D eigenvalue weighted by Gasteiger charge is 2.20. The highest BCUT2D eigenvalue weighted by molar-refractivity contribution is 6.26. The van der Waals surface area contributed by atoms with E-state index in [2.05, 4.69) is 109 Å². The lowest BCUT2D eigenvalue weighted by molar-refractivity contribution is 0.669. The molecule has 0 spiro atoms. The molecule has 2 heterocycles. The van der Waals surface area contributed by atoms with Crippen molar-refractivity contribution in [2.75, 3.05) is 0 Å². The SMILES string of the molecule is c1ccc(-c2nc(-c3ccccc3)nc(-c3cccc4oc5cccc(-c6cccc(-c7ccc8c9ccccc9c9ccccc9c8c7)c6)c5c34)n2)cc1. The first-order chi connectivity index (χ1) is 27.3. The first kappa shape index (κ1) is 31.1. The van der Waals surface area contributed by atoms with E-state index in [1.54, 1.807) is 0 Å². The smallest absolute Gasteiger partial charge is 0.164 e. The van der Waals surface area contributed by atoms with Crippen LogP contribution in [-0.2, 0) is 0 Å². The fourth-order valence-electron chi connectivity index (χ4n) is 8.18. The lowest BCUT2D eigenvalue weighted by Gasteiger charge is -2.13. The van der Waals surface area contributed by atoms with E-state index in [-0.39, 0.29) is 0 Å². The zero-order valence-corrected chi connectivity index (χ0v) is 29.6. The zero-order valence-electron chi connectivity index (χ0n) is 29.6. The Morgan fingerprint density at radius 2 is 0.709 bits per heavy atom. The molecular weight excluding hydrogens is 671 g/mol. The number of hydrogen-bond acceptors (Lipinski definition) is 4. The maximum absolute atomic E-state index is 6.57. The van der Waals surface area contributed by atoms with Gasteiger partial charge in [-0.2, -0.15) is 0 Å². The zero-order chi connectivity index (χ0) is 36.3. The van der Waals surface area contributed by atoms with Gasteiger partial charge in [-0.1, -0.05) is 164 Å². The highest BCUT2D eigenvalue weighted by atomic mass is 16.3. The van der Waals surface area contributed by atoms with Gasteiger partial charge < -0.3 is 4.42 Å². The van der Waals surface area contributed by atoms with Gasteiger partial charge >= 0.3 is 0 Å². The number of furan rings is 1. The molecule has 4 heteroatoms. The Bertz CT molecular complexity index is 3170. The minimum atomic E-state index is 0.598. The molecule has 0 fully saturated rings. The largest absolute Gasteiger partial charge is 0.456 e. The van der Waals surface area contributed by atoms with E-state index in [0.29, 0.717) is 17.5 Å². The van der Waals surface area contributed by atoms with Crippen molar-refractivity contribution in [3.05, 3.63) is 188 Å². The molecule has 4 nitrogen and oxygen atoms in total. The van der Waals surface area contributed by atoms with Crippen molar-refractivity contribution >= 4 is 54.3 Å². The van der Waals surface area contributed by atoms with Crippen LogP contribution < -0.4 is 0 Å². The van der Waals surface area contributed by atoms with Gasteiger partial charge in [0, 0.05) is 27.5 Å². The van der Waals surface area contributed by atoms with Gasteiger partial charge in [-0.25, -0.2) is 15.0 Å². The lowest BCUT2D eigenvalue weighted by atomic mass is 9.91. The molecule has 256 valence electrons. The van der Waals surface area contributed by atoms with E-state index in [1.807, 2.05) is 78.9 Å². The number of benzene rings is 9. The number of aromatic nitrogens is 3. The molecule has 0 saturated carbocycles. The molecule has 0 saturated heterocycles. The Morgan fingerprint density at radius 3 is 1.33 bits per heavy atom. The summed E-state index contributed by atoms with van der Waals surface area (Å²) in [6.45, 7) is 0. The average Bonchev–Trinajstić information content (AvgIpc) is 3.66. The van der Waals surface area contributed by atoms with E-state index in [0.717, 1.165) is 55.3 Å². The molecular formula is C51H31N3O. The molecule has 9 aromatic carbocycles. The van der Waals surface area contributed by atoms with Crippen molar-refractivity contribution in [1.29, 1.82) is 0 Å². The third kappa shape index (κ3) is 5.19. The summed E-state index contributed by atoms with van der Waals surface area (Å²) < 4.78 is 6.57. The average molecular weight is 702 g/mol. The van der Waals surface area contributed by atoms with Crippen LogP contribution in [0.2, 0.25) is 0 Å². The number of rotatable bonds is 5. The van der Waals surface area contributed by atoms with E-state index < -0.39 is 0 Å². The van der Waals surface area contributed by atoms with Crippen LogP contribution in [0.5, 0.6) is 0 Å². The summed E-state index contributed by atoms with van der Waals surface area (Å²) in [5.41, 5.74) is 8.87. The van der Waals surface area contributed by atoms with E-state index >= 15 is 0 Å². The first-order valence-corrected chi connectivity index (χ1v) is 18.5. The van der Waals surface area contributed by atoms with Crippen molar-refractivity contribution in [1.82, 2.24) is 15.0 Å². The summed E-state index contributed by atoms with van der Waals surface area (Å²) in [5, 5.41) is 9.63.